The number of hydrogen-bond donors (Lipinski definition) is 0. The van der Waals surface area contributed by atoms with Crippen molar-refractivity contribution in [3.8, 4) is 22.3 Å². The summed E-state index contributed by atoms with van der Waals surface area (Å²) in [5.74, 6) is 0. The number of anilines is 3. The van der Waals surface area contributed by atoms with Gasteiger partial charge in [0, 0.05) is 38.6 Å². The maximum absolute atomic E-state index is 13.9. The van der Waals surface area contributed by atoms with Crippen LogP contribution in [-0.4, -0.2) is 4.40 Å². The molecule has 0 amide bonds. The third-order valence-electron chi connectivity index (χ3n) is 9.34. The molecule has 0 spiro atoms. The Morgan fingerprint density at radius 2 is 0.688 bits per heavy atom. The van der Waals surface area contributed by atoms with E-state index in [1.165, 1.54) is 4.40 Å². The van der Waals surface area contributed by atoms with Gasteiger partial charge < -0.3 is 4.90 Å². The van der Waals surface area contributed by atoms with E-state index in [1.54, 1.807) is 0 Å². The lowest BCUT2D eigenvalue weighted by atomic mass is 9.98. The quantitative estimate of drug-likeness (QED) is 0.143. The first-order chi connectivity index (χ1) is 23.7. The Labute approximate surface area is 276 Å². The van der Waals surface area contributed by atoms with Crippen LogP contribution in [0.1, 0.15) is 0 Å². The molecule has 9 rings (SSSR count). The molecule has 0 N–H and O–H groups in total. The van der Waals surface area contributed by atoms with E-state index in [0.717, 1.165) is 60.9 Å². The summed E-state index contributed by atoms with van der Waals surface area (Å²) in [5, 5.41) is 4.39. The molecule has 226 valence electrons. The topological polar surface area (TPSA) is 41.8 Å². The van der Waals surface area contributed by atoms with Gasteiger partial charge in [-0.1, -0.05) is 121 Å². The minimum atomic E-state index is -0.295. The second-order valence-corrected chi connectivity index (χ2v) is 12.1. The van der Waals surface area contributed by atoms with E-state index in [4.69, 9.17) is 0 Å². The van der Waals surface area contributed by atoms with Gasteiger partial charge in [-0.2, -0.15) is 0 Å². The number of fused-ring (bicyclic) bond motifs is 4. The Balaban J connectivity index is 1.34. The Morgan fingerprint density at radius 1 is 0.333 bits per heavy atom. The minimum Gasteiger partial charge on any atom is -0.310 e. The molecule has 0 saturated carbocycles. The van der Waals surface area contributed by atoms with Crippen molar-refractivity contribution in [2.75, 3.05) is 4.90 Å². The van der Waals surface area contributed by atoms with Gasteiger partial charge in [0.25, 0.3) is 11.1 Å². The zero-order valence-corrected chi connectivity index (χ0v) is 25.9. The molecule has 7 aromatic carbocycles. The highest BCUT2D eigenvalue weighted by Gasteiger charge is 2.21. The molecule has 0 saturated heterocycles. The van der Waals surface area contributed by atoms with E-state index in [-0.39, 0.29) is 11.1 Å². The average molecular weight is 617 g/mol. The number of benzene rings is 7. The molecule has 0 atom stereocenters. The number of rotatable bonds is 5. The summed E-state index contributed by atoms with van der Waals surface area (Å²) < 4.78 is 1.37. The summed E-state index contributed by atoms with van der Waals surface area (Å²) in [6, 6.07) is 57.4. The Kier molecular flexibility index (Phi) is 6.41. The van der Waals surface area contributed by atoms with Gasteiger partial charge in [-0.3, -0.25) is 9.59 Å². The molecule has 48 heavy (non-hydrogen) atoms. The molecule has 9 aromatic rings. The summed E-state index contributed by atoms with van der Waals surface area (Å²) in [6.07, 6.45) is 0. The second-order valence-electron chi connectivity index (χ2n) is 12.1. The Bertz CT molecular complexity index is 2550. The lowest BCUT2D eigenvalue weighted by Crippen LogP contribution is -2.27. The van der Waals surface area contributed by atoms with Crippen molar-refractivity contribution in [3.63, 3.8) is 0 Å². The fourth-order valence-electron chi connectivity index (χ4n) is 7.06. The van der Waals surface area contributed by atoms with Crippen molar-refractivity contribution < 1.29 is 0 Å². The Morgan fingerprint density at radius 3 is 1.10 bits per heavy atom. The third-order valence-corrected chi connectivity index (χ3v) is 9.34. The van der Waals surface area contributed by atoms with Crippen LogP contribution in [0.4, 0.5) is 17.1 Å². The summed E-state index contributed by atoms with van der Waals surface area (Å²) in [4.78, 5) is 30.0. The second kappa shape index (κ2) is 11.1. The standard InChI is InChI=1S/C44H28N2O2/c47-43-38-17-9-7-15-36(38)40-27-35(28-41-37-16-8-10-18-39(37)44(48)46(43)42(40)41)45(33-23-19-31(20-24-33)29-11-3-1-4-12-29)34-25-21-32(22-26-34)30-13-5-2-6-14-30/h1-28H. The van der Waals surface area contributed by atoms with Crippen LogP contribution in [0.15, 0.2) is 179 Å². The maximum atomic E-state index is 13.9. The van der Waals surface area contributed by atoms with Gasteiger partial charge in [0.1, 0.15) is 0 Å². The highest BCUT2D eigenvalue weighted by molar-refractivity contribution is 6.19. The molecule has 4 heteroatoms. The van der Waals surface area contributed by atoms with E-state index >= 15 is 0 Å². The number of aromatic nitrogens is 1. The van der Waals surface area contributed by atoms with Crippen molar-refractivity contribution in [1.29, 1.82) is 0 Å². The van der Waals surface area contributed by atoms with E-state index in [9.17, 15) is 9.59 Å². The maximum Gasteiger partial charge on any atom is 0.266 e. The van der Waals surface area contributed by atoms with Gasteiger partial charge >= 0.3 is 0 Å². The van der Waals surface area contributed by atoms with Gasteiger partial charge in [0.2, 0.25) is 0 Å². The highest BCUT2D eigenvalue weighted by atomic mass is 16.2. The van der Waals surface area contributed by atoms with Crippen LogP contribution in [0.5, 0.6) is 0 Å². The SMILES string of the molecule is O=c1c2ccccc2c2cc(N(c3ccc(-c4ccccc4)cc3)c3ccc(-c4ccccc4)cc3)cc3c4ccccc4c(=O)n1c23. The first-order valence-electron chi connectivity index (χ1n) is 16.0. The predicted octanol–water partition coefficient (Wildman–Crippen LogP) is 10.4. The first kappa shape index (κ1) is 27.8. The molecule has 0 aliphatic carbocycles. The van der Waals surface area contributed by atoms with Crippen LogP contribution in [0.3, 0.4) is 0 Å². The Hall–Kier alpha value is -6.52. The van der Waals surface area contributed by atoms with Crippen LogP contribution < -0.4 is 16.0 Å². The number of nitrogens with zero attached hydrogens (tertiary/aromatic N) is 2. The lowest BCUT2D eigenvalue weighted by Gasteiger charge is -2.27. The van der Waals surface area contributed by atoms with Crippen molar-refractivity contribution >= 4 is 54.9 Å². The van der Waals surface area contributed by atoms with Crippen LogP contribution >= 0.6 is 0 Å². The fourth-order valence-corrected chi connectivity index (χ4v) is 7.06. The van der Waals surface area contributed by atoms with Crippen molar-refractivity contribution in [3.05, 3.63) is 191 Å². The molecule has 0 fully saturated rings. The molecular formula is C44H28N2O2. The molecule has 4 nitrogen and oxygen atoms in total. The molecule has 0 aliphatic rings. The van der Waals surface area contributed by atoms with E-state index in [0.29, 0.717) is 16.3 Å². The average Bonchev–Trinajstić information content (AvgIpc) is 3.16. The van der Waals surface area contributed by atoms with Crippen molar-refractivity contribution in [2.24, 2.45) is 0 Å². The number of pyridine rings is 2. The summed E-state index contributed by atoms with van der Waals surface area (Å²) >= 11 is 0. The van der Waals surface area contributed by atoms with Crippen molar-refractivity contribution in [1.82, 2.24) is 4.40 Å². The van der Waals surface area contributed by atoms with Crippen LogP contribution in [0.2, 0.25) is 0 Å². The molecule has 0 unspecified atom stereocenters. The minimum absolute atomic E-state index is 0.295. The summed E-state index contributed by atoms with van der Waals surface area (Å²) in [6.45, 7) is 0. The highest BCUT2D eigenvalue weighted by Crippen LogP contribution is 2.41. The largest absolute Gasteiger partial charge is 0.310 e. The van der Waals surface area contributed by atoms with Gasteiger partial charge in [-0.25, -0.2) is 4.40 Å². The zero-order valence-electron chi connectivity index (χ0n) is 25.9. The normalized spacial score (nSPS) is 11.5. The molecule has 0 bridgehead atoms. The smallest absolute Gasteiger partial charge is 0.266 e. The fraction of sp³-hybridized carbons (Fsp3) is 0. The van der Waals surface area contributed by atoms with Gasteiger partial charge in [0.15, 0.2) is 0 Å². The molecule has 2 heterocycles. The molecular weight excluding hydrogens is 588 g/mol. The van der Waals surface area contributed by atoms with Crippen molar-refractivity contribution in [2.45, 2.75) is 0 Å². The van der Waals surface area contributed by atoms with Crippen LogP contribution in [0.25, 0.3) is 60.1 Å². The summed E-state index contributed by atoms with van der Waals surface area (Å²) in [5.41, 5.74) is 7.55. The number of hydrogen-bond acceptors (Lipinski definition) is 3. The van der Waals surface area contributed by atoms with E-state index in [2.05, 4.69) is 114 Å². The van der Waals surface area contributed by atoms with Crippen LogP contribution in [-0.2, 0) is 0 Å². The van der Waals surface area contributed by atoms with E-state index in [1.807, 2.05) is 60.7 Å². The molecule has 0 aliphatic heterocycles. The van der Waals surface area contributed by atoms with Gasteiger partial charge in [-0.05, 0) is 81.6 Å². The van der Waals surface area contributed by atoms with Gasteiger partial charge in [-0.15, -0.1) is 0 Å². The first-order valence-corrected chi connectivity index (χ1v) is 16.0. The van der Waals surface area contributed by atoms with Gasteiger partial charge in [0.05, 0.1) is 5.52 Å². The van der Waals surface area contributed by atoms with E-state index < -0.39 is 0 Å². The third kappa shape index (κ3) is 4.38. The predicted molar refractivity (Wildman–Crippen MR) is 199 cm³/mol. The zero-order chi connectivity index (χ0) is 32.2. The lowest BCUT2D eigenvalue weighted by molar-refractivity contribution is 1.09. The van der Waals surface area contributed by atoms with Crippen LogP contribution in [0, 0.1) is 0 Å². The molecule has 2 aromatic heterocycles. The monoisotopic (exact) mass is 616 g/mol. The molecule has 0 radical (unpaired) electrons. The summed E-state index contributed by atoms with van der Waals surface area (Å²) in [7, 11) is 0.